The minimum atomic E-state index is -0.817. The molecule has 0 atom stereocenters. The van der Waals surface area contributed by atoms with Gasteiger partial charge in [-0.25, -0.2) is 4.79 Å². The molecule has 4 heteroatoms. The van der Waals surface area contributed by atoms with Crippen molar-refractivity contribution in [3.8, 4) is 0 Å². The van der Waals surface area contributed by atoms with Crippen LogP contribution in [0.2, 0.25) is 0 Å². The summed E-state index contributed by atoms with van der Waals surface area (Å²) in [5, 5.41) is 9.74. The molecule has 70 valence electrons. The number of carboxylic acid groups (broad SMARTS) is 1. The summed E-state index contributed by atoms with van der Waals surface area (Å²) in [5.41, 5.74) is 0.477. The molecule has 0 aromatic rings. The lowest BCUT2D eigenvalue weighted by atomic mass is 10.2. The molecule has 3 nitrogen and oxygen atoms in total. The van der Waals surface area contributed by atoms with E-state index in [2.05, 4.69) is 0 Å². The van der Waals surface area contributed by atoms with Crippen LogP contribution in [-0.4, -0.2) is 27.9 Å². The normalized spacial score (nSPS) is 13.6. The Labute approximate surface area is 75.4 Å². The Hall–Kier alpha value is -0.613. The third-order valence-corrected chi connectivity index (χ3v) is 3.24. The number of carbonyl (C=O) groups is 1. The van der Waals surface area contributed by atoms with E-state index < -0.39 is 15.7 Å². The molecule has 0 aromatic carbocycles. The van der Waals surface area contributed by atoms with Crippen LogP contribution in [0.15, 0.2) is 10.8 Å². The van der Waals surface area contributed by atoms with Crippen LogP contribution in [0.5, 0.6) is 0 Å². The summed E-state index contributed by atoms with van der Waals surface area (Å²) in [6.07, 6.45) is 1.84. The Kier molecular flexibility index (Phi) is 5.66. The highest BCUT2D eigenvalue weighted by Crippen LogP contribution is 2.09. The highest BCUT2D eigenvalue weighted by Gasteiger charge is 2.08. The van der Waals surface area contributed by atoms with E-state index in [1.807, 2.05) is 6.92 Å². The van der Waals surface area contributed by atoms with E-state index in [4.69, 9.17) is 9.53 Å². The van der Waals surface area contributed by atoms with Crippen molar-refractivity contribution >= 4 is 15.7 Å². The predicted molar refractivity (Wildman–Crippen MR) is 50.8 cm³/mol. The number of hydrogen-bond donors (Lipinski definition) is 1. The maximum Gasteiger partial charge on any atom is 0.330 e. The van der Waals surface area contributed by atoms with E-state index in [9.17, 15) is 4.79 Å². The largest absolute Gasteiger partial charge is 0.478 e. The summed E-state index contributed by atoms with van der Waals surface area (Å²) in [7, 11) is 0.869. The number of aliphatic carboxylic acids is 1. The average molecular weight is 188 g/mol. The zero-order valence-electron chi connectivity index (χ0n) is 7.89. The zero-order chi connectivity index (χ0) is 9.56. The van der Waals surface area contributed by atoms with Gasteiger partial charge in [0.15, 0.2) is 9.76 Å². The minimum Gasteiger partial charge on any atom is -0.478 e. The molecule has 1 N–H and O–H groups in total. The van der Waals surface area contributed by atoms with Gasteiger partial charge in [0, 0.05) is 12.7 Å². The summed E-state index contributed by atoms with van der Waals surface area (Å²) in [6, 6.07) is 0. The number of allylic oxidation sites excluding steroid dienone is 1. The molecule has 0 spiro atoms. The van der Waals surface area contributed by atoms with Gasteiger partial charge in [0.1, 0.15) is 0 Å². The van der Waals surface area contributed by atoms with Gasteiger partial charge in [0.25, 0.3) is 0 Å². The van der Waals surface area contributed by atoms with Gasteiger partial charge in [-0.2, -0.15) is 0 Å². The van der Waals surface area contributed by atoms with Crippen LogP contribution in [0.25, 0.3) is 0 Å². The van der Waals surface area contributed by atoms with Crippen molar-refractivity contribution in [2.24, 2.45) is 0 Å². The molecule has 0 rings (SSSR count). The summed E-state index contributed by atoms with van der Waals surface area (Å²) in [6.45, 7) is 3.69. The third-order valence-electron chi connectivity index (χ3n) is 1.72. The van der Waals surface area contributed by atoms with Crippen molar-refractivity contribution in [3.05, 3.63) is 10.8 Å². The summed E-state index contributed by atoms with van der Waals surface area (Å²) in [5.74, 6) is -0.817. The van der Waals surface area contributed by atoms with Crippen LogP contribution in [0, 0.1) is 0 Å². The third kappa shape index (κ3) is 3.68. The van der Waals surface area contributed by atoms with Gasteiger partial charge in [-0.05, 0) is 13.3 Å². The van der Waals surface area contributed by atoms with Crippen LogP contribution in [0.1, 0.15) is 26.7 Å². The quantitative estimate of drug-likeness (QED) is 0.514. The topological polar surface area (TPSA) is 46.5 Å². The Morgan fingerprint density at radius 3 is 2.50 bits per heavy atom. The van der Waals surface area contributed by atoms with E-state index in [0.29, 0.717) is 5.57 Å². The molecule has 0 aliphatic heterocycles. The summed E-state index contributed by atoms with van der Waals surface area (Å²) in [4.78, 5) is 10.6. The predicted octanol–water partition coefficient (Wildman–Crippen LogP) is 0.875. The molecule has 0 aliphatic carbocycles. The fraction of sp³-hybridized carbons (Fsp3) is 0.625. The van der Waals surface area contributed by atoms with E-state index in [1.54, 1.807) is 14.0 Å². The first-order chi connectivity index (χ1) is 5.63. The first kappa shape index (κ1) is 11.4. The molecule has 0 heterocycles. The highest BCUT2D eigenvalue weighted by molar-refractivity contribution is 6.39. The van der Waals surface area contributed by atoms with Gasteiger partial charge in [0.2, 0.25) is 0 Å². The second-order valence-electron chi connectivity index (χ2n) is 2.72. The summed E-state index contributed by atoms with van der Waals surface area (Å²) < 4.78 is 5.05. The molecule has 0 bridgehead atoms. The molecule has 0 unspecified atom stereocenters. The monoisotopic (exact) mass is 188 g/mol. The highest BCUT2D eigenvalue weighted by atomic mass is 28.2. The van der Waals surface area contributed by atoms with Crippen molar-refractivity contribution in [1.82, 2.24) is 0 Å². The van der Waals surface area contributed by atoms with E-state index in [-0.39, 0.29) is 0 Å². The minimum absolute atomic E-state index is 0.477. The van der Waals surface area contributed by atoms with Gasteiger partial charge in [-0.3, -0.25) is 0 Å². The molecule has 12 heavy (non-hydrogen) atoms. The summed E-state index contributed by atoms with van der Waals surface area (Å²) >= 11 is 0. The van der Waals surface area contributed by atoms with Crippen LogP contribution < -0.4 is 0 Å². The molecular weight excluding hydrogens is 172 g/mol. The molecular formula is C8H16O3Si. The first-order valence-corrected chi connectivity index (χ1v) is 5.32. The number of carboxylic acids is 1. The smallest absolute Gasteiger partial charge is 0.330 e. The fourth-order valence-corrected chi connectivity index (χ4v) is 2.21. The lowest BCUT2D eigenvalue weighted by molar-refractivity contribution is -0.132. The molecule has 0 aliphatic rings. The zero-order valence-corrected chi connectivity index (χ0v) is 9.30. The second-order valence-corrected chi connectivity index (χ2v) is 4.44. The molecule has 0 saturated heterocycles. The molecule has 0 aromatic heterocycles. The Bertz CT molecular complexity index is 179. The molecule has 0 saturated carbocycles. The van der Waals surface area contributed by atoms with Crippen LogP contribution in [0.4, 0.5) is 0 Å². The number of rotatable bonds is 5. The Morgan fingerprint density at radius 1 is 1.58 bits per heavy atom. The van der Waals surface area contributed by atoms with Crippen molar-refractivity contribution in [2.45, 2.75) is 26.7 Å². The Morgan fingerprint density at radius 2 is 2.17 bits per heavy atom. The number of hydrogen-bond acceptors (Lipinski definition) is 2. The van der Waals surface area contributed by atoms with Gasteiger partial charge >= 0.3 is 5.97 Å². The van der Waals surface area contributed by atoms with Crippen LogP contribution >= 0.6 is 0 Å². The standard InChI is InChI=1S/C8H16O3Si/c1-4-5-7(12-11-3)6(2)8(9)10/h4-5,12H2,1-3H3,(H,9,10)/b7-6+. The molecule has 0 fully saturated rings. The lowest BCUT2D eigenvalue weighted by Gasteiger charge is -2.06. The van der Waals surface area contributed by atoms with Crippen molar-refractivity contribution in [2.75, 3.05) is 7.11 Å². The average Bonchev–Trinajstić information content (AvgIpc) is 2.03. The molecule has 0 radical (unpaired) electrons. The van der Waals surface area contributed by atoms with Gasteiger partial charge in [-0.1, -0.05) is 18.5 Å². The van der Waals surface area contributed by atoms with Crippen molar-refractivity contribution in [3.63, 3.8) is 0 Å². The van der Waals surface area contributed by atoms with Crippen LogP contribution in [-0.2, 0) is 9.22 Å². The SMILES string of the molecule is CCC/C([SiH2]OC)=C(/C)C(=O)O. The lowest BCUT2D eigenvalue weighted by Crippen LogP contribution is -2.08. The maximum atomic E-state index is 10.6. The maximum absolute atomic E-state index is 10.6. The van der Waals surface area contributed by atoms with E-state index >= 15 is 0 Å². The Balaban J connectivity index is 4.43. The van der Waals surface area contributed by atoms with Crippen LogP contribution in [0.3, 0.4) is 0 Å². The second kappa shape index (κ2) is 5.96. The van der Waals surface area contributed by atoms with Crippen molar-refractivity contribution in [1.29, 1.82) is 0 Å². The van der Waals surface area contributed by atoms with Gasteiger partial charge in [0.05, 0.1) is 0 Å². The fourth-order valence-electron chi connectivity index (χ4n) is 0.995. The van der Waals surface area contributed by atoms with E-state index in [1.165, 1.54) is 0 Å². The van der Waals surface area contributed by atoms with E-state index in [0.717, 1.165) is 18.0 Å². The first-order valence-electron chi connectivity index (χ1n) is 4.04. The molecule has 0 amide bonds. The van der Waals surface area contributed by atoms with Gasteiger partial charge in [-0.15, -0.1) is 0 Å². The van der Waals surface area contributed by atoms with Gasteiger partial charge < -0.3 is 9.53 Å². The van der Waals surface area contributed by atoms with Crippen molar-refractivity contribution < 1.29 is 14.3 Å².